The third kappa shape index (κ3) is 4.23. The summed E-state index contributed by atoms with van der Waals surface area (Å²) in [5.41, 5.74) is 2.79. The van der Waals surface area contributed by atoms with Gasteiger partial charge in [-0.15, -0.1) is 12.4 Å². The lowest BCUT2D eigenvalue weighted by molar-refractivity contribution is -0.118. The van der Waals surface area contributed by atoms with Gasteiger partial charge in [-0.3, -0.25) is 19.1 Å². The quantitative estimate of drug-likeness (QED) is 0.610. The number of halogens is 1. The molecule has 8 heteroatoms. The molecule has 0 atom stereocenters. The minimum atomic E-state index is -0.0780. The number of nitrogens with zero attached hydrogens (tertiary/aromatic N) is 5. The number of fused-ring (bicyclic) bond motifs is 2. The van der Waals surface area contributed by atoms with Crippen LogP contribution in [0.1, 0.15) is 18.4 Å². The first-order valence-corrected chi connectivity index (χ1v) is 10.9. The van der Waals surface area contributed by atoms with Crippen LogP contribution in [0.15, 0.2) is 53.3 Å². The Morgan fingerprint density at radius 1 is 0.906 bits per heavy atom. The molecule has 5 rings (SSSR count). The topological polar surface area (TPSA) is 61.7 Å². The van der Waals surface area contributed by atoms with Crippen molar-refractivity contribution in [3.8, 4) is 0 Å². The second-order valence-electron chi connectivity index (χ2n) is 8.43. The molecule has 2 aliphatic rings. The minimum absolute atomic E-state index is 0. The van der Waals surface area contributed by atoms with Crippen LogP contribution in [0.2, 0.25) is 0 Å². The fraction of sp³-hybridized carbons (Fsp3) is 0.375. The Morgan fingerprint density at radius 3 is 2.38 bits per heavy atom. The van der Waals surface area contributed by atoms with E-state index in [1.165, 1.54) is 5.69 Å². The first kappa shape index (κ1) is 22.3. The number of carbonyl (C=O) groups is 1. The van der Waals surface area contributed by atoms with Crippen molar-refractivity contribution in [2.24, 2.45) is 0 Å². The minimum Gasteiger partial charge on any atom is -0.369 e. The Kier molecular flexibility index (Phi) is 6.48. The number of carbonyl (C=O) groups excluding carboxylic acids is 1. The molecule has 3 aromatic rings. The predicted molar refractivity (Wildman–Crippen MR) is 130 cm³/mol. The van der Waals surface area contributed by atoms with E-state index in [4.69, 9.17) is 4.98 Å². The van der Waals surface area contributed by atoms with E-state index in [0.29, 0.717) is 42.8 Å². The molecule has 0 aliphatic carbocycles. The molecule has 0 unspecified atom stereocenters. The van der Waals surface area contributed by atoms with Gasteiger partial charge in [-0.1, -0.05) is 24.3 Å². The Labute approximate surface area is 193 Å². The summed E-state index contributed by atoms with van der Waals surface area (Å²) in [6, 6.07) is 15.8. The van der Waals surface area contributed by atoms with Gasteiger partial charge in [0, 0.05) is 44.8 Å². The van der Waals surface area contributed by atoms with E-state index in [1.54, 1.807) is 15.5 Å². The van der Waals surface area contributed by atoms with Crippen LogP contribution in [0, 0.1) is 0 Å². The van der Waals surface area contributed by atoms with Crippen molar-refractivity contribution in [1.82, 2.24) is 14.5 Å². The van der Waals surface area contributed by atoms with Crippen molar-refractivity contribution >= 4 is 40.9 Å². The SMILES string of the molecule is CN1CCN(c2ccc(CN3C(=O)CCCn4c3nc3ccccc3c4=O)cc2)CC1.Cl. The van der Waals surface area contributed by atoms with Crippen LogP contribution in [0.3, 0.4) is 0 Å². The van der Waals surface area contributed by atoms with Crippen molar-refractivity contribution < 1.29 is 4.79 Å². The zero-order valence-electron chi connectivity index (χ0n) is 18.2. The van der Waals surface area contributed by atoms with Gasteiger partial charge in [0.1, 0.15) is 0 Å². The Hall–Kier alpha value is -2.90. The summed E-state index contributed by atoms with van der Waals surface area (Å²) in [6.45, 7) is 5.09. The van der Waals surface area contributed by atoms with Crippen molar-refractivity contribution in [3.63, 3.8) is 0 Å². The summed E-state index contributed by atoms with van der Waals surface area (Å²) in [5, 5.41) is 0.595. The Bertz CT molecular complexity index is 1170. The number of anilines is 2. The largest absolute Gasteiger partial charge is 0.369 e. The van der Waals surface area contributed by atoms with E-state index in [2.05, 4.69) is 41.1 Å². The summed E-state index contributed by atoms with van der Waals surface area (Å²) in [4.78, 5) is 37.1. The van der Waals surface area contributed by atoms with E-state index in [1.807, 2.05) is 18.2 Å². The van der Waals surface area contributed by atoms with E-state index in [-0.39, 0.29) is 23.9 Å². The standard InChI is InChI=1S/C24H27N5O2.ClH/c1-26-13-15-27(16-14-26)19-10-8-18(9-11-19)17-29-22(30)7-4-12-28-23(31)20-5-2-3-6-21(20)25-24(28)29;/h2-3,5-6,8-11H,4,7,12-17H2,1H3;1H. The molecule has 2 aromatic carbocycles. The van der Waals surface area contributed by atoms with E-state index < -0.39 is 0 Å². The lowest BCUT2D eigenvalue weighted by atomic mass is 10.1. The molecule has 0 N–H and O–H groups in total. The first-order chi connectivity index (χ1) is 15.1. The molecule has 1 amide bonds. The van der Waals surface area contributed by atoms with Crippen LogP contribution >= 0.6 is 12.4 Å². The highest BCUT2D eigenvalue weighted by molar-refractivity contribution is 5.93. The maximum absolute atomic E-state index is 13.0. The zero-order valence-corrected chi connectivity index (χ0v) is 19.1. The maximum Gasteiger partial charge on any atom is 0.262 e. The van der Waals surface area contributed by atoms with Gasteiger partial charge < -0.3 is 9.80 Å². The van der Waals surface area contributed by atoms with E-state index in [0.717, 1.165) is 31.7 Å². The van der Waals surface area contributed by atoms with Gasteiger partial charge in [0.15, 0.2) is 0 Å². The molecule has 1 fully saturated rings. The van der Waals surface area contributed by atoms with Gasteiger partial charge in [-0.2, -0.15) is 0 Å². The molecule has 7 nitrogen and oxygen atoms in total. The highest BCUT2D eigenvalue weighted by atomic mass is 35.5. The molecule has 1 aromatic heterocycles. The van der Waals surface area contributed by atoms with Gasteiger partial charge in [-0.05, 0) is 43.3 Å². The van der Waals surface area contributed by atoms with Gasteiger partial charge in [-0.25, -0.2) is 4.98 Å². The van der Waals surface area contributed by atoms with Gasteiger partial charge in [0.2, 0.25) is 11.9 Å². The average molecular weight is 454 g/mol. The third-order valence-electron chi connectivity index (χ3n) is 6.30. The zero-order chi connectivity index (χ0) is 21.4. The van der Waals surface area contributed by atoms with E-state index >= 15 is 0 Å². The number of hydrogen-bond donors (Lipinski definition) is 0. The summed E-state index contributed by atoms with van der Waals surface area (Å²) < 4.78 is 1.66. The summed E-state index contributed by atoms with van der Waals surface area (Å²) in [7, 11) is 2.15. The van der Waals surface area contributed by atoms with Crippen molar-refractivity contribution in [1.29, 1.82) is 0 Å². The lowest BCUT2D eigenvalue weighted by Gasteiger charge is -2.34. The second kappa shape index (κ2) is 9.30. The molecule has 168 valence electrons. The molecule has 0 radical (unpaired) electrons. The molecular formula is C24H28ClN5O2. The van der Waals surface area contributed by atoms with Crippen LogP contribution in [-0.2, 0) is 17.9 Å². The number of benzene rings is 2. The normalized spacial score (nSPS) is 17.1. The summed E-state index contributed by atoms with van der Waals surface area (Å²) >= 11 is 0. The number of piperazine rings is 1. The molecule has 2 aliphatic heterocycles. The van der Waals surface area contributed by atoms with Crippen LogP contribution in [0.4, 0.5) is 11.6 Å². The first-order valence-electron chi connectivity index (χ1n) is 10.9. The maximum atomic E-state index is 13.0. The third-order valence-corrected chi connectivity index (χ3v) is 6.30. The molecule has 0 saturated carbocycles. The Balaban J connectivity index is 0.00000245. The smallest absolute Gasteiger partial charge is 0.262 e. The number of para-hydroxylation sites is 1. The number of rotatable bonds is 3. The van der Waals surface area contributed by atoms with Crippen LogP contribution in [0.5, 0.6) is 0 Å². The fourth-order valence-corrected chi connectivity index (χ4v) is 4.42. The number of aromatic nitrogens is 2. The molecule has 3 heterocycles. The van der Waals surface area contributed by atoms with Crippen molar-refractivity contribution in [2.45, 2.75) is 25.9 Å². The van der Waals surface area contributed by atoms with Crippen LogP contribution in [0.25, 0.3) is 10.9 Å². The van der Waals surface area contributed by atoms with Crippen molar-refractivity contribution in [3.05, 3.63) is 64.4 Å². The van der Waals surface area contributed by atoms with Crippen LogP contribution in [-0.4, -0.2) is 53.6 Å². The molecule has 0 bridgehead atoms. The van der Waals surface area contributed by atoms with E-state index in [9.17, 15) is 9.59 Å². The van der Waals surface area contributed by atoms with Crippen molar-refractivity contribution in [2.75, 3.05) is 43.0 Å². The molecule has 0 spiro atoms. The molecular weight excluding hydrogens is 426 g/mol. The number of hydrogen-bond acceptors (Lipinski definition) is 5. The predicted octanol–water partition coefficient (Wildman–Crippen LogP) is 2.90. The summed E-state index contributed by atoms with van der Waals surface area (Å²) in [6.07, 6.45) is 1.06. The molecule has 32 heavy (non-hydrogen) atoms. The fourth-order valence-electron chi connectivity index (χ4n) is 4.42. The summed E-state index contributed by atoms with van der Waals surface area (Å²) in [5.74, 6) is 0.464. The highest BCUT2D eigenvalue weighted by Gasteiger charge is 2.26. The number of amides is 1. The van der Waals surface area contributed by atoms with Gasteiger partial charge in [0.25, 0.3) is 5.56 Å². The number of likely N-dealkylation sites (N-methyl/N-ethyl adjacent to an activating group) is 1. The second-order valence-corrected chi connectivity index (χ2v) is 8.43. The van der Waals surface area contributed by atoms with Crippen LogP contribution < -0.4 is 15.4 Å². The molecule has 1 saturated heterocycles. The van der Waals surface area contributed by atoms with Gasteiger partial charge >= 0.3 is 0 Å². The van der Waals surface area contributed by atoms with Gasteiger partial charge in [0.05, 0.1) is 17.4 Å². The highest BCUT2D eigenvalue weighted by Crippen LogP contribution is 2.24. The average Bonchev–Trinajstić information content (AvgIpc) is 2.94. The Morgan fingerprint density at radius 2 is 1.62 bits per heavy atom. The monoisotopic (exact) mass is 453 g/mol. The lowest BCUT2D eigenvalue weighted by Crippen LogP contribution is -2.44.